The number of nitrogens with two attached hydrogens (primary N) is 1. The zero-order valence-electron chi connectivity index (χ0n) is 12.3. The van der Waals surface area contributed by atoms with E-state index < -0.39 is 5.91 Å². The summed E-state index contributed by atoms with van der Waals surface area (Å²) < 4.78 is 0. The van der Waals surface area contributed by atoms with Crippen LogP contribution in [-0.2, 0) is 0 Å². The van der Waals surface area contributed by atoms with Gasteiger partial charge in [0.2, 0.25) is 5.91 Å². The number of carbonyl (C=O) groups excluding carboxylic acids is 2. The highest BCUT2D eigenvalue weighted by atomic mass is 32.1. The second-order valence-corrected chi connectivity index (χ2v) is 6.05. The van der Waals surface area contributed by atoms with Crippen molar-refractivity contribution in [2.75, 3.05) is 11.9 Å². The molecule has 2 aromatic rings. The minimum absolute atomic E-state index is 0.0412. The molecule has 110 valence electrons. The van der Waals surface area contributed by atoms with Crippen molar-refractivity contribution in [2.45, 2.75) is 19.8 Å². The second-order valence-electron chi connectivity index (χ2n) is 5.14. The van der Waals surface area contributed by atoms with Gasteiger partial charge in [0.05, 0.1) is 4.88 Å². The van der Waals surface area contributed by atoms with Crippen molar-refractivity contribution in [1.29, 1.82) is 0 Å². The fourth-order valence-corrected chi connectivity index (χ4v) is 3.09. The monoisotopic (exact) mass is 302 g/mol. The Morgan fingerprint density at radius 2 is 1.76 bits per heavy atom. The van der Waals surface area contributed by atoms with Crippen LogP contribution in [0, 0.1) is 0 Å². The summed E-state index contributed by atoms with van der Waals surface area (Å²) in [6.45, 7) is 4.14. The molecule has 1 aromatic carbocycles. The molecule has 0 aliphatic carbocycles. The normalized spacial score (nSPS) is 10.7. The van der Waals surface area contributed by atoms with Crippen molar-refractivity contribution in [1.82, 2.24) is 0 Å². The van der Waals surface area contributed by atoms with Gasteiger partial charge in [-0.25, -0.2) is 0 Å². The standard InChI is InChI=1S/C16H18N2O2S/c1-10(2)13-8-9-21-14(13)16(20)18(3)12-6-4-11(5-7-12)15(17)19/h4-10H,1-3H3,(H2,17,19). The van der Waals surface area contributed by atoms with E-state index in [9.17, 15) is 9.59 Å². The van der Waals surface area contributed by atoms with E-state index in [0.29, 0.717) is 11.5 Å². The molecule has 0 radical (unpaired) electrons. The van der Waals surface area contributed by atoms with Crippen LogP contribution in [-0.4, -0.2) is 18.9 Å². The fourth-order valence-electron chi connectivity index (χ4n) is 2.07. The summed E-state index contributed by atoms with van der Waals surface area (Å²) in [5.41, 5.74) is 7.43. The summed E-state index contributed by atoms with van der Waals surface area (Å²) in [5, 5.41) is 1.94. The van der Waals surface area contributed by atoms with E-state index in [0.717, 1.165) is 16.1 Å². The van der Waals surface area contributed by atoms with Crippen molar-refractivity contribution < 1.29 is 9.59 Å². The zero-order valence-corrected chi connectivity index (χ0v) is 13.1. The molecule has 0 unspecified atom stereocenters. The summed E-state index contributed by atoms with van der Waals surface area (Å²) in [6, 6.07) is 8.69. The average molecular weight is 302 g/mol. The smallest absolute Gasteiger partial charge is 0.268 e. The third-order valence-electron chi connectivity index (χ3n) is 3.36. The van der Waals surface area contributed by atoms with E-state index in [-0.39, 0.29) is 5.91 Å². The predicted molar refractivity (Wildman–Crippen MR) is 86.1 cm³/mol. The van der Waals surface area contributed by atoms with E-state index in [4.69, 9.17) is 5.73 Å². The van der Waals surface area contributed by atoms with E-state index in [2.05, 4.69) is 13.8 Å². The third-order valence-corrected chi connectivity index (χ3v) is 4.27. The molecule has 21 heavy (non-hydrogen) atoms. The van der Waals surface area contributed by atoms with Crippen molar-refractivity contribution in [3.05, 3.63) is 51.7 Å². The van der Waals surface area contributed by atoms with E-state index in [1.807, 2.05) is 11.4 Å². The van der Waals surface area contributed by atoms with Gasteiger partial charge < -0.3 is 10.6 Å². The Labute approximate surface area is 128 Å². The number of thiophene rings is 1. The largest absolute Gasteiger partial charge is 0.366 e. The van der Waals surface area contributed by atoms with Crippen molar-refractivity contribution in [3.8, 4) is 0 Å². The van der Waals surface area contributed by atoms with Crippen molar-refractivity contribution in [2.24, 2.45) is 5.73 Å². The van der Waals surface area contributed by atoms with Crippen LogP contribution in [0.2, 0.25) is 0 Å². The highest BCUT2D eigenvalue weighted by molar-refractivity contribution is 7.12. The minimum atomic E-state index is -0.476. The predicted octanol–water partition coefficient (Wildman–Crippen LogP) is 3.25. The summed E-state index contributed by atoms with van der Waals surface area (Å²) in [4.78, 5) is 26.0. The van der Waals surface area contributed by atoms with Crippen molar-refractivity contribution in [3.63, 3.8) is 0 Å². The maximum absolute atomic E-state index is 12.6. The summed E-state index contributed by atoms with van der Waals surface area (Å²) in [6.07, 6.45) is 0. The molecule has 0 saturated heterocycles. The number of amides is 2. The van der Waals surface area contributed by atoms with E-state index in [1.165, 1.54) is 11.3 Å². The van der Waals surface area contributed by atoms with Crippen LogP contribution in [0.3, 0.4) is 0 Å². The Kier molecular flexibility index (Phi) is 4.43. The van der Waals surface area contributed by atoms with Crippen LogP contribution in [0.15, 0.2) is 35.7 Å². The van der Waals surface area contributed by atoms with Gasteiger partial charge in [0.1, 0.15) is 0 Å². The number of anilines is 1. The fraction of sp³-hybridized carbons (Fsp3) is 0.250. The van der Waals surface area contributed by atoms with Gasteiger partial charge in [0.15, 0.2) is 0 Å². The Bertz CT molecular complexity index is 659. The Balaban J connectivity index is 2.26. The van der Waals surface area contributed by atoms with E-state index in [1.54, 1.807) is 36.2 Å². The Morgan fingerprint density at radius 1 is 1.14 bits per heavy atom. The van der Waals surface area contributed by atoms with Gasteiger partial charge in [-0.2, -0.15) is 0 Å². The molecular formula is C16H18N2O2S. The first-order chi connectivity index (χ1) is 9.91. The van der Waals surface area contributed by atoms with Gasteiger partial charge in [0.25, 0.3) is 5.91 Å². The van der Waals surface area contributed by atoms with Crippen LogP contribution in [0.1, 0.15) is 45.4 Å². The molecule has 0 aliphatic rings. The number of carbonyl (C=O) groups is 2. The minimum Gasteiger partial charge on any atom is -0.366 e. The topological polar surface area (TPSA) is 63.4 Å². The summed E-state index contributed by atoms with van der Waals surface area (Å²) in [7, 11) is 1.73. The highest BCUT2D eigenvalue weighted by Crippen LogP contribution is 2.27. The quantitative estimate of drug-likeness (QED) is 0.942. The zero-order chi connectivity index (χ0) is 15.6. The van der Waals surface area contributed by atoms with Crippen LogP contribution in [0.4, 0.5) is 5.69 Å². The van der Waals surface area contributed by atoms with Gasteiger partial charge in [-0.05, 0) is 47.2 Å². The maximum Gasteiger partial charge on any atom is 0.268 e. The first kappa shape index (κ1) is 15.3. The number of hydrogen-bond donors (Lipinski definition) is 1. The molecule has 0 aliphatic heterocycles. The van der Waals surface area contributed by atoms with Gasteiger partial charge in [-0.1, -0.05) is 13.8 Å². The molecule has 1 aromatic heterocycles. The molecule has 0 fully saturated rings. The molecule has 2 rings (SSSR count). The lowest BCUT2D eigenvalue weighted by atomic mass is 10.0. The van der Waals surface area contributed by atoms with Crippen molar-refractivity contribution >= 4 is 28.8 Å². The van der Waals surface area contributed by atoms with Gasteiger partial charge in [-0.15, -0.1) is 11.3 Å². The Morgan fingerprint density at radius 3 is 2.29 bits per heavy atom. The molecule has 1 heterocycles. The van der Waals surface area contributed by atoms with Crippen LogP contribution >= 0.6 is 11.3 Å². The number of hydrogen-bond acceptors (Lipinski definition) is 3. The SMILES string of the molecule is CC(C)c1ccsc1C(=O)N(C)c1ccc(C(N)=O)cc1. The van der Waals surface area contributed by atoms with Gasteiger partial charge >= 0.3 is 0 Å². The molecule has 2 N–H and O–H groups in total. The molecule has 0 spiro atoms. The van der Waals surface area contributed by atoms with E-state index >= 15 is 0 Å². The second kappa shape index (κ2) is 6.10. The molecule has 2 amide bonds. The first-order valence-electron chi connectivity index (χ1n) is 6.67. The average Bonchev–Trinajstić information content (AvgIpc) is 2.95. The maximum atomic E-state index is 12.6. The van der Waals surface area contributed by atoms with Crippen LogP contribution in [0.5, 0.6) is 0 Å². The highest BCUT2D eigenvalue weighted by Gasteiger charge is 2.20. The van der Waals surface area contributed by atoms with Gasteiger partial charge in [0, 0.05) is 18.3 Å². The molecule has 5 heteroatoms. The number of primary amides is 1. The molecule has 0 atom stereocenters. The first-order valence-corrected chi connectivity index (χ1v) is 7.55. The molecule has 0 bridgehead atoms. The number of nitrogens with zero attached hydrogens (tertiary/aromatic N) is 1. The molecule has 4 nitrogen and oxygen atoms in total. The Hall–Kier alpha value is -2.14. The lowest BCUT2D eigenvalue weighted by Crippen LogP contribution is -2.26. The molecule has 0 saturated carbocycles. The molecular weight excluding hydrogens is 284 g/mol. The number of benzene rings is 1. The third kappa shape index (κ3) is 3.13. The lowest BCUT2D eigenvalue weighted by molar-refractivity contribution is 0.0991. The van der Waals surface area contributed by atoms with Gasteiger partial charge in [-0.3, -0.25) is 9.59 Å². The van der Waals surface area contributed by atoms with Crippen LogP contribution < -0.4 is 10.6 Å². The summed E-state index contributed by atoms with van der Waals surface area (Å²) in [5.74, 6) is -0.211. The van der Waals surface area contributed by atoms with Crippen LogP contribution in [0.25, 0.3) is 0 Å². The lowest BCUT2D eigenvalue weighted by Gasteiger charge is -2.18. The number of rotatable bonds is 4. The summed E-state index contributed by atoms with van der Waals surface area (Å²) >= 11 is 1.45.